The molecule has 0 bridgehead atoms. The van der Waals surface area contributed by atoms with Gasteiger partial charge in [0.15, 0.2) is 0 Å². The van der Waals surface area contributed by atoms with Gasteiger partial charge in [-0.3, -0.25) is 0 Å². The zero-order valence-corrected chi connectivity index (χ0v) is 6.18. The molecule has 0 spiro atoms. The zero-order valence-electron chi connectivity index (χ0n) is 5.29. The molecule has 0 saturated heterocycles. The Morgan fingerprint density at radius 1 is 1.50 bits per heavy atom. The maximum absolute atomic E-state index is 9.16. The van der Waals surface area contributed by atoms with Crippen LogP contribution in [0.4, 0.5) is 0 Å². The Bertz CT molecular complexity index is 78.3. The summed E-state index contributed by atoms with van der Waals surface area (Å²) in [5, 5.41) is 0. The van der Waals surface area contributed by atoms with E-state index in [1.54, 1.807) is 0 Å². The Kier molecular flexibility index (Phi) is 1.96. The van der Waals surface area contributed by atoms with E-state index in [9.17, 15) is 0 Å². The van der Waals surface area contributed by atoms with E-state index in [1.165, 1.54) is 20.4 Å². The van der Waals surface area contributed by atoms with E-state index in [4.69, 9.17) is 10.8 Å². The molecule has 5 heteroatoms. The van der Waals surface area contributed by atoms with Crippen molar-refractivity contribution in [2.45, 2.75) is 0 Å². The molecule has 0 heterocycles. The van der Waals surface area contributed by atoms with Crippen molar-refractivity contribution >= 4 is 7.28 Å². The molecular formula is C3H12NO3P. The predicted octanol–water partition coefficient (Wildman–Crippen LogP) is 0.0733. The molecule has 0 fully saturated rings. The van der Waals surface area contributed by atoms with Crippen molar-refractivity contribution in [3.63, 3.8) is 0 Å². The fourth-order valence-electron chi connectivity index (χ4n) is 0.0430. The first-order valence-electron chi connectivity index (χ1n) is 2.10. The van der Waals surface area contributed by atoms with Gasteiger partial charge in [0.05, 0.1) is 0 Å². The van der Waals surface area contributed by atoms with E-state index in [2.05, 4.69) is 9.15 Å². The van der Waals surface area contributed by atoms with E-state index in [0.29, 0.717) is 0 Å². The van der Waals surface area contributed by atoms with Crippen LogP contribution in [0.2, 0.25) is 0 Å². The normalized spacial score (nSPS) is 17.4. The van der Waals surface area contributed by atoms with Crippen molar-refractivity contribution in [2.24, 2.45) is 5.90 Å². The summed E-state index contributed by atoms with van der Waals surface area (Å²) in [7, 11) is -1.97. The topological polar surface area (TPSA) is 64.7 Å². The number of hydrogen-bond donors (Lipinski definition) is 2. The Balaban J connectivity index is 3.99. The zero-order chi connectivity index (χ0) is 6.86. The molecule has 0 aromatic heterocycles. The van der Waals surface area contributed by atoms with Crippen molar-refractivity contribution in [3.05, 3.63) is 0 Å². The van der Waals surface area contributed by atoms with Gasteiger partial charge in [-0.05, 0) is 0 Å². The van der Waals surface area contributed by atoms with Crippen molar-refractivity contribution in [1.29, 1.82) is 0 Å². The first-order valence-corrected chi connectivity index (χ1v) is 5.02. The summed E-state index contributed by atoms with van der Waals surface area (Å²) in [6, 6.07) is 0. The van der Waals surface area contributed by atoms with Crippen LogP contribution in [-0.2, 0) is 9.15 Å². The summed E-state index contributed by atoms with van der Waals surface area (Å²) in [5.41, 5.74) is 0. The second-order valence-corrected chi connectivity index (χ2v) is 6.31. The third-order valence-electron chi connectivity index (χ3n) is 0.822. The fourth-order valence-corrected chi connectivity index (χ4v) is 0.129. The average molecular weight is 141 g/mol. The van der Waals surface area contributed by atoms with Crippen LogP contribution in [0.25, 0.3) is 0 Å². The minimum atomic E-state index is -3.32. The van der Waals surface area contributed by atoms with Gasteiger partial charge in [-0.25, -0.2) is 0 Å². The van der Waals surface area contributed by atoms with Crippen LogP contribution >= 0.6 is 7.28 Å². The molecule has 4 nitrogen and oxygen atoms in total. The maximum atomic E-state index is 9.16. The predicted molar refractivity (Wildman–Crippen MR) is 33.3 cm³/mol. The number of hydrogen-bond acceptors (Lipinski definition) is 4. The van der Waals surface area contributed by atoms with E-state index < -0.39 is 7.28 Å². The van der Waals surface area contributed by atoms with Gasteiger partial charge < -0.3 is 0 Å². The van der Waals surface area contributed by atoms with Crippen LogP contribution < -0.4 is 5.90 Å². The van der Waals surface area contributed by atoms with Gasteiger partial charge in [0.2, 0.25) is 0 Å². The molecule has 0 amide bonds. The molecule has 0 rings (SSSR count). The van der Waals surface area contributed by atoms with E-state index in [1.807, 2.05) is 0 Å². The van der Waals surface area contributed by atoms with Gasteiger partial charge in [-0.2, -0.15) is 0 Å². The number of nitrogens with two attached hydrogens (primary N) is 1. The fraction of sp³-hybridized carbons (Fsp3) is 1.00. The van der Waals surface area contributed by atoms with E-state index >= 15 is 0 Å². The molecule has 0 aromatic carbocycles. The first-order chi connectivity index (χ1) is 3.39. The summed E-state index contributed by atoms with van der Waals surface area (Å²) in [6.45, 7) is 2.87. The van der Waals surface area contributed by atoms with E-state index in [-0.39, 0.29) is 0 Å². The van der Waals surface area contributed by atoms with Gasteiger partial charge >= 0.3 is 47.7 Å². The Labute approximate surface area is 48.7 Å². The Morgan fingerprint density at radius 2 is 1.88 bits per heavy atom. The van der Waals surface area contributed by atoms with E-state index in [0.717, 1.165) is 0 Å². The van der Waals surface area contributed by atoms with Crippen LogP contribution in [0.5, 0.6) is 0 Å². The van der Waals surface area contributed by atoms with Crippen molar-refractivity contribution in [2.75, 3.05) is 20.4 Å². The molecule has 0 aliphatic heterocycles. The van der Waals surface area contributed by atoms with Gasteiger partial charge in [-0.15, -0.1) is 0 Å². The van der Waals surface area contributed by atoms with Crippen LogP contribution in [0, 0.1) is 0 Å². The quantitative estimate of drug-likeness (QED) is 0.422. The van der Waals surface area contributed by atoms with Crippen LogP contribution in [-0.4, -0.2) is 25.3 Å². The van der Waals surface area contributed by atoms with Gasteiger partial charge in [0.25, 0.3) is 0 Å². The molecule has 0 aliphatic carbocycles. The summed E-state index contributed by atoms with van der Waals surface area (Å²) in [4.78, 5) is 9.16. The second-order valence-electron chi connectivity index (χ2n) is 2.10. The summed E-state index contributed by atoms with van der Waals surface area (Å²) in [6.07, 6.45) is 0. The van der Waals surface area contributed by atoms with Crippen LogP contribution in [0.1, 0.15) is 0 Å². The molecule has 0 radical (unpaired) electrons. The van der Waals surface area contributed by atoms with Crippen molar-refractivity contribution < 1.29 is 14.0 Å². The minimum absolute atomic E-state index is 1.35. The van der Waals surface area contributed by atoms with Gasteiger partial charge in [-0.1, -0.05) is 0 Å². The molecule has 0 unspecified atom stereocenters. The third-order valence-corrected chi connectivity index (χ3v) is 2.47. The third kappa shape index (κ3) is 2.55. The monoisotopic (exact) mass is 141 g/mol. The van der Waals surface area contributed by atoms with Crippen LogP contribution in [0.15, 0.2) is 0 Å². The van der Waals surface area contributed by atoms with Crippen LogP contribution in [0.3, 0.4) is 0 Å². The average Bonchev–Trinajstić information content (AvgIpc) is 1.68. The molecule has 8 heavy (non-hydrogen) atoms. The van der Waals surface area contributed by atoms with Crippen molar-refractivity contribution in [3.8, 4) is 0 Å². The molecule has 0 saturated carbocycles. The molecule has 0 aromatic rings. The number of rotatable bonds is 2. The molecule has 3 N–H and O–H groups in total. The summed E-state index contributed by atoms with van der Waals surface area (Å²) < 4.78 is 8.85. The van der Waals surface area contributed by atoms with Crippen molar-refractivity contribution in [1.82, 2.24) is 0 Å². The molecule has 0 atom stereocenters. The molecule has 0 aliphatic rings. The summed E-state index contributed by atoms with van der Waals surface area (Å²) in [5.74, 6) is 4.73. The van der Waals surface area contributed by atoms with Gasteiger partial charge in [0, 0.05) is 0 Å². The standard InChI is InChI=1S/C3H12NO3P/c1-6-8(2,3,5)7-4/h5H,4H2,1-3H3. The first kappa shape index (κ1) is 8.27. The SMILES string of the molecule is COP(C)(C)(O)ON. The van der Waals surface area contributed by atoms with Gasteiger partial charge in [0.1, 0.15) is 0 Å². The Morgan fingerprint density at radius 3 is 1.88 bits per heavy atom. The molecule has 52 valence electrons. The Hall–Kier alpha value is 0.270. The second kappa shape index (κ2) is 1.90. The summed E-state index contributed by atoms with van der Waals surface area (Å²) >= 11 is 0. The molecular weight excluding hydrogens is 129 g/mol.